The van der Waals surface area contributed by atoms with Crippen LogP contribution in [0.3, 0.4) is 0 Å². The van der Waals surface area contributed by atoms with E-state index in [1.54, 1.807) is 0 Å². The molecule has 2 aromatic rings. The highest BCUT2D eigenvalue weighted by Gasteiger charge is 2.38. The molecule has 4 N–H and O–H groups in total. The van der Waals surface area contributed by atoms with Crippen LogP contribution in [0.15, 0.2) is 30.3 Å². The normalized spacial score (nSPS) is 19.5. The molecule has 0 radical (unpaired) electrons. The topological polar surface area (TPSA) is 80.0 Å². The summed E-state index contributed by atoms with van der Waals surface area (Å²) >= 11 is 1.24. The third-order valence-electron chi connectivity index (χ3n) is 4.42. The summed E-state index contributed by atoms with van der Waals surface area (Å²) in [4.78, 5) is 17.9. The van der Waals surface area contributed by atoms with E-state index in [9.17, 15) is 4.79 Å². The maximum absolute atomic E-state index is 12.9. The Balaban J connectivity index is 1.83. The number of nitrogens with zero attached hydrogens (tertiary/aromatic N) is 1. The predicted octanol–water partition coefficient (Wildman–Crippen LogP) is 3.43. The van der Waals surface area contributed by atoms with Gasteiger partial charge in [0.25, 0.3) is 5.91 Å². The summed E-state index contributed by atoms with van der Waals surface area (Å²) in [6.45, 7) is 8.70. The van der Waals surface area contributed by atoms with Gasteiger partial charge in [-0.15, -0.1) is 0 Å². The number of rotatable bonds is 3. The molecule has 0 unspecified atom stereocenters. The number of nitrogen functional groups attached to an aromatic ring is 1. The molecule has 1 fully saturated rings. The summed E-state index contributed by atoms with van der Waals surface area (Å²) in [6.07, 6.45) is 1.77. The third kappa shape index (κ3) is 4.19. The Morgan fingerprint density at radius 1 is 1.20 bits per heavy atom. The van der Waals surface area contributed by atoms with Gasteiger partial charge in [-0.05, 0) is 40.5 Å². The maximum atomic E-state index is 12.9. The fourth-order valence-electron chi connectivity index (χ4n) is 3.96. The van der Waals surface area contributed by atoms with E-state index < -0.39 is 0 Å². The van der Waals surface area contributed by atoms with Crippen molar-refractivity contribution in [3.63, 3.8) is 0 Å². The minimum Gasteiger partial charge on any atom is -0.375 e. The average molecular weight is 359 g/mol. The molecule has 1 aromatic carbocycles. The van der Waals surface area contributed by atoms with Crippen LogP contribution in [0.4, 0.5) is 5.13 Å². The van der Waals surface area contributed by atoms with Gasteiger partial charge in [0.2, 0.25) is 0 Å². The number of benzene rings is 1. The average Bonchev–Trinajstić information content (AvgIpc) is 2.87. The Morgan fingerprint density at radius 2 is 1.80 bits per heavy atom. The summed E-state index contributed by atoms with van der Waals surface area (Å²) < 4.78 is 0. The van der Waals surface area contributed by atoms with E-state index >= 15 is 0 Å². The molecule has 1 saturated heterocycles. The first-order valence-electron chi connectivity index (χ1n) is 8.57. The van der Waals surface area contributed by atoms with Crippen molar-refractivity contribution >= 4 is 22.4 Å². The van der Waals surface area contributed by atoms with Crippen LogP contribution >= 0.6 is 11.3 Å². The Kier molecular flexibility index (Phi) is 4.60. The minimum absolute atomic E-state index is 0.0192. The highest BCUT2D eigenvalue weighted by molar-refractivity contribution is 7.17. The lowest BCUT2D eigenvalue weighted by molar-refractivity contribution is 0.0877. The largest absolute Gasteiger partial charge is 0.375 e. The van der Waals surface area contributed by atoms with Gasteiger partial charge in [-0.2, -0.15) is 0 Å². The van der Waals surface area contributed by atoms with Gasteiger partial charge in [-0.3, -0.25) is 4.79 Å². The molecule has 25 heavy (non-hydrogen) atoms. The summed E-state index contributed by atoms with van der Waals surface area (Å²) in [5.74, 6) is -0.0912. The maximum Gasteiger partial charge on any atom is 0.263 e. The molecule has 5 nitrogen and oxygen atoms in total. The number of piperidine rings is 1. The molecule has 2 heterocycles. The van der Waals surface area contributed by atoms with Crippen molar-refractivity contribution in [1.29, 1.82) is 0 Å². The van der Waals surface area contributed by atoms with Gasteiger partial charge in [-0.25, -0.2) is 4.98 Å². The minimum atomic E-state index is -0.0912. The van der Waals surface area contributed by atoms with Crippen LogP contribution in [0.25, 0.3) is 11.3 Å². The number of nitrogens with two attached hydrogens (primary N) is 1. The summed E-state index contributed by atoms with van der Waals surface area (Å²) in [6, 6.07) is 9.82. The first-order chi connectivity index (χ1) is 11.7. The molecule has 134 valence electrons. The van der Waals surface area contributed by atoms with Gasteiger partial charge in [0.1, 0.15) is 4.88 Å². The van der Waals surface area contributed by atoms with Crippen molar-refractivity contribution in [2.45, 2.75) is 57.7 Å². The van der Waals surface area contributed by atoms with E-state index in [1.165, 1.54) is 11.3 Å². The number of anilines is 1. The van der Waals surface area contributed by atoms with E-state index in [-0.39, 0.29) is 23.0 Å². The van der Waals surface area contributed by atoms with Crippen molar-refractivity contribution in [2.75, 3.05) is 5.73 Å². The highest BCUT2D eigenvalue weighted by Crippen LogP contribution is 2.32. The van der Waals surface area contributed by atoms with Crippen molar-refractivity contribution in [2.24, 2.45) is 0 Å². The highest BCUT2D eigenvalue weighted by atomic mass is 32.1. The lowest BCUT2D eigenvalue weighted by atomic mass is 9.79. The number of amides is 1. The number of hydrogen-bond acceptors (Lipinski definition) is 5. The molecular weight excluding hydrogens is 332 g/mol. The Bertz CT molecular complexity index is 751. The number of thiazole rings is 1. The predicted molar refractivity (Wildman–Crippen MR) is 104 cm³/mol. The van der Waals surface area contributed by atoms with Crippen LogP contribution in [0, 0.1) is 0 Å². The van der Waals surface area contributed by atoms with Crippen LogP contribution < -0.4 is 16.4 Å². The molecular formula is C19H26N4OS. The number of aromatic nitrogens is 1. The molecule has 0 spiro atoms. The second-order valence-electron chi connectivity index (χ2n) is 8.07. The standard InChI is InChI=1S/C19H26N4OS/c1-18(2)10-13(11-19(3,4)23-18)21-16(24)15-14(22-17(20)25-15)12-8-6-5-7-9-12/h5-9,13,23H,10-11H2,1-4H3,(H2,20,22)(H,21,24). The van der Waals surface area contributed by atoms with Crippen LogP contribution in [0.2, 0.25) is 0 Å². The Labute approximate surface area is 153 Å². The van der Waals surface area contributed by atoms with E-state index in [1.807, 2.05) is 30.3 Å². The summed E-state index contributed by atoms with van der Waals surface area (Å²) in [7, 11) is 0. The van der Waals surface area contributed by atoms with Crippen LogP contribution in [-0.4, -0.2) is 28.0 Å². The van der Waals surface area contributed by atoms with Gasteiger partial charge in [-0.1, -0.05) is 41.7 Å². The van der Waals surface area contributed by atoms with Crippen molar-refractivity contribution < 1.29 is 4.79 Å². The fourth-order valence-corrected chi connectivity index (χ4v) is 4.72. The molecule has 0 atom stereocenters. The van der Waals surface area contributed by atoms with E-state index in [2.05, 4.69) is 43.3 Å². The monoisotopic (exact) mass is 358 g/mol. The first kappa shape index (κ1) is 17.9. The van der Waals surface area contributed by atoms with Gasteiger partial charge >= 0.3 is 0 Å². The van der Waals surface area contributed by atoms with Gasteiger partial charge in [0.05, 0.1) is 5.69 Å². The fraction of sp³-hybridized carbons (Fsp3) is 0.474. The van der Waals surface area contributed by atoms with Crippen LogP contribution in [-0.2, 0) is 0 Å². The van der Waals surface area contributed by atoms with Crippen LogP contribution in [0.1, 0.15) is 50.2 Å². The number of nitrogens with one attached hydrogen (secondary N) is 2. The molecule has 0 bridgehead atoms. The van der Waals surface area contributed by atoms with E-state index in [4.69, 9.17) is 5.73 Å². The van der Waals surface area contributed by atoms with Crippen molar-refractivity contribution in [3.05, 3.63) is 35.2 Å². The number of carbonyl (C=O) groups excluding carboxylic acids is 1. The Morgan fingerprint density at radius 3 is 2.40 bits per heavy atom. The first-order valence-corrected chi connectivity index (χ1v) is 9.39. The lowest BCUT2D eigenvalue weighted by Crippen LogP contribution is -2.62. The second kappa shape index (κ2) is 6.42. The molecule has 1 aliphatic heterocycles. The van der Waals surface area contributed by atoms with Crippen molar-refractivity contribution in [3.8, 4) is 11.3 Å². The third-order valence-corrected chi connectivity index (χ3v) is 5.31. The summed E-state index contributed by atoms with van der Waals surface area (Å²) in [5, 5.41) is 7.25. The smallest absolute Gasteiger partial charge is 0.263 e. The van der Waals surface area contributed by atoms with Crippen LogP contribution in [0.5, 0.6) is 0 Å². The van der Waals surface area contributed by atoms with Gasteiger partial charge in [0, 0.05) is 22.7 Å². The molecule has 3 rings (SSSR count). The molecule has 1 amide bonds. The molecule has 6 heteroatoms. The summed E-state index contributed by atoms with van der Waals surface area (Å²) in [5.41, 5.74) is 7.42. The molecule has 0 saturated carbocycles. The quantitative estimate of drug-likeness (QED) is 0.785. The molecule has 1 aliphatic rings. The lowest BCUT2D eigenvalue weighted by Gasteiger charge is -2.46. The van der Waals surface area contributed by atoms with Gasteiger partial charge in [0.15, 0.2) is 5.13 Å². The molecule has 1 aromatic heterocycles. The number of hydrogen-bond donors (Lipinski definition) is 3. The molecule has 0 aliphatic carbocycles. The van der Waals surface area contributed by atoms with Gasteiger partial charge < -0.3 is 16.4 Å². The van der Waals surface area contributed by atoms with E-state index in [0.29, 0.717) is 15.7 Å². The second-order valence-corrected chi connectivity index (χ2v) is 9.10. The van der Waals surface area contributed by atoms with E-state index in [0.717, 1.165) is 18.4 Å². The number of carbonyl (C=O) groups is 1. The zero-order valence-electron chi connectivity index (χ0n) is 15.2. The zero-order chi connectivity index (χ0) is 18.2. The Hall–Kier alpha value is -1.92. The SMILES string of the molecule is CC1(C)CC(NC(=O)c2sc(N)nc2-c2ccccc2)CC(C)(C)N1. The van der Waals surface area contributed by atoms with Crippen molar-refractivity contribution in [1.82, 2.24) is 15.6 Å². The zero-order valence-corrected chi connectivity index (χ0v) is 16.0.